The topological polar surface area (TPSA) is 73.8 Å². The Bertz CT molecular complexity index is 2700. The van der Waals surface area contributed by atoms with Gasteiger partial charge in [0.1, 0.15) is 0 Å². The lowest BCUT2D eigenvalue weighted by Crippen LogP contribution is -2.07. The van der Waals surface area contributed by atoms with Gasteiger partial charge in [0.25, 0.3) is 0 Å². The standard InChI is InChI=1S/C64H86O8/c1-11-19-33-65-57-43(9)41-51-45(59(57)67-35-21-13-3)27-29-47-53(51)55-49(63(71-39-25-17-7)61(47)69-37-23-15-5)31-32-50-56(55)54-48(62(70-38-24-16-6)64(50)72-40-26-18-8)30-28-46-52(54)42-44(10)58(66-34-20-12-2)60(46)68-36-22-14-4/h27-32,41-42H,11-26,33-40H2,1-10H3. The molecule has 0 aliphatic heterocycles. The van der Waals surface area contributed by atoms with E-state index in [0.717, 1.165) is 224 Å². The van der Waals surface area contributed by atoms with E-state index >= 15 is 0 Å². The maximum atomic E-state index is 7.07. The normalized spacial score (nSPS) is 11.7. The lowest BCUT2D eigenvalue weighted by molar-refractivity contribution is 0.263. The summed E-state index contributed by atoms with van der Waals surface area (Å²) in [6, 6.07) is 18.1. The van der Waals surface area contributed by atoms with E-state index in [1.807, 2.05) is 0 Å². The Hall–Kier alpha value is -5.50. The van der Waals surface area contributed by atoms with Crippen LogP contribution in [0.1, 0.15) is 169 Å². The predicted octanol–water partition coefficient (Wildman–Crippen LogP) is 18.7. The highest BCUT2D eigenvalue weighted by Crippen LogP contribution is 2.56. The Morgan fingerprint density at radius 2 is 0.431 bits per heavy atom. The first kappa shape index (κ1) is 54.3. The van der Waals surface area contributed by atoms with Gasteiger partial charge in [-0.3, -0.25) is 0 Å². The van der Waals surface area contributed by atoms with E-state index in [1.165, 1.54) is 0 Å². The summed E-state index contributed by atoms with van der Waals surface area (Å²) in [6.45, 7) is 26.7. The van der Waals surface area contributed by atoms with Crippen molar-refractivity contribution in [3.8, 4) is 46.0 Å². The molecule has 390 valence electrons. The largest absolute Gasteiger partial charge is 0.489 e. The molecule has 8 heteroatoms. The lowest BCUT2D eigenvalue weighted by Gasteiger charge is -2.25. The highest BCUT2D eigenvalue weighted by atomic mass is 16.5. The highest BCUT2D eigenvalue weighted by molar-refractivity contribution is 6.39. The molecule has 7 rings (SSSR count). The molecular weight excluding hydrogens is 897 g/mol. The van der Waals surface area contributed by atoms with Gasteiger partial charge in [-0.25, -0.2) is 0 Å². The first-order chi connectivity index (χ1) is 35.3. The molecule has 0 saturated heterocycles. The van der Waals surface area contributed by atoms with Crippen LogP contribution in [0.15, 0.2) is 48.5 Å². The Labute approximate surface area is 431 Å². The van der Waals surface area contributed by atoms with E-state index in [0.29, 0.717) is 52.9 Å². The molecule has 0 unspecified atom stereocenters. The average Bonchev–Trinajstić information content (AvgIpc) is 3.38. The van der Waals surface area contributed by atoms with Gasteiger partial charge >= 0.3 is 0 Å². The fourth-order valence-electron chi connectivity index (χ4n) is 9.78. The summed E-state index contributed by atoms with van der Waals surface area (Å²) in [4.78, 5) is 0. The minimum absolute atomic E-state index is 0.567. The Kier molecular flexibility index (Phi) is 20.3. The van der Waals surface area contributed by atoms with Crippen LogP contribution in [0.5, 0.6) is 46.0 Å². The van der Waals surface area contributed by atoms with Crippen molar-refractivity contribution in [2.75, 3.05) is 52.9 Å². The molecule has 0 heterocycles. The zero-order chi connectivity index (χ0) is 51.0. The number of ether oxygens (including phenoxy) is 8. The molecule has 0 saturated carbocycles. The zero-order valence-corrected chi connectivity index (χ0v) is 45.9. The van der Waals surface area contributed by atoms with Crippen LogP contribution in [0.2, 0.25) is 0 Å². The molecule has 8 nitrogen and oxygen atoms in total. The lowest BCUT2D eigenvalue weighted by atomic mass is 9.86. The van der Waals surface area contributed by atoms with E-state index < -0.39 is 0 Å². The Balaban J connectivity index is 1.79. The van der Waals surface area contributed by atoms with Gasteiger partial charge in [0.05, 0.1) is 52.9 Å². The molecular formula is C64H86O8. The molecule has 0 N–H and O–H groups in total. The van der Waals surface area contributed by atoms with Gasteiger partial charge in [-0.15, -0.1) is 0 Å². The van der Waals surface area contributed by atoms with E-state index in [2.05, 4.69) is 118 Å². The minimum atomic E-state index is 0.567. The highest BCUT2D eigenvalue weighted by Gasteiger charge is 2.29. The summed E-state index contributed by atoms with van der Waals surface area (Å²) >= 11 is 0. The van der Waals surface area contributed by atoms with Crippen LogP contribution in [0, 0.1) is 13.8 Å². The fraction of sp³-hybridized carbons (Fsp3) is 0.531. The summed E-state index contributed by atoms with van der Waals surface area (Å²) in [5.74, 6) is 6.34. The van der Waals surface area contributed by atoms with Crippen molar-refractivity contribution in [3.63, 3.8) is 0 Å². The monoisotopic (exact) mass is 983 g/mol. The quantitative estimate of drug-likeness (QED) is 0.0305. The van der Waals surface area contributed by atoms with Gasteiger partial charge in [0, 0.05) is 53.9 Å². The molecule has 0 radical (unpaired) electrons. The number of rotatable bonds is 32. The summed E-state index contributed by atoms with van der Waals surface area (Å²) in [6.07, 6.45) is 15.7. The van der Waals surface area contributed by atoms with E-state index in [4.69, 9.17) is 37.9 Å². The van der Waals surface area contributed by atoms with Gasteiger partial charge in [-0.2, -0.15) is 0 Å². The van der Waals surface area contributed by atoms with Gasteiger partial charge < -0.3 is 37.9 Å². The first-order valence-electron chi connectivity index (χ1n) is 28.2. The van der Waals surface area contributed by atoms with Crippen LogP contribution in [-0.2, 0) is 0 Å². The molecule has 72 heavy (non-hydrogen) atoms. The van der Waals surface area contributed by atoms with Crippen molar-refractivity contribution < 1.29 is 37.9 Å². The fourth-order valence-corrected chi connectivity index (χ4v) is 9.78. The van der Waals surface area contributed by atoms with Crippen LogP contribution in [-0.4, -0.2) is 52.9 Å². The van der Waals surface area contributed by atoms with Crippen LogP contribution in [0.25, 0.3) is 64.6 Å². The first-order valence-corrected chi connectivity index (χ1v) is 28.2. The maximum Gasteiger partial charge on any atom is 0.169 e. The zero-order valence-electron chi connectivity index (χ0n) is 45.9. The molecule has 0 amide bonds. The number of aryl methyl sites for hydroxylation is 2. The van der Waals surface area contributed by atoms with Gasteiger partial charge in [0.2, 0.25) is 0 Å². The van der Waals surface area contributed by atoms with Gasteiger partial charge in [0.15, 0.2) is 46.0 Å². The van der Waals surface area contributed by atoms with Crippen molar-refractivity contribution in [3.05, 3.63) is 59.7 Å². The molecule has 0 spiro atoms. The third-order valence-corrected chi connectivity index (χ3v) is 13.9. The van der Waals surface area contributed by atoms with Crippen molar-refractivity contribution >= 4 is 64.6 Å². The third-order valence-electron chi connectivity index (χ3n) is 13.9. The van der Waals surface area contributed by atoms with Crippen molar-refractivity contribution in [1.29, 1.82) is 0 Å². The van der Waals surface area contributed by atoms with Crippen molar-refractivity contribution in [1.82, 2.24) is 0 Å². The smallest absolute Gasteiger partial charge is 0.169 e. The van der Waals surface area contributed by atoms with Crippen molar-refractivity contribution in [2.24, 2.45) is 0 Å². The molecule has 0 aliphatic carbocycles. The molecule has 0 aliphatic rings. The van der Waals surface area contributed by atoms with Gasteiger partial charge in [-0.1, -0.05) is 107 Å². The number of fused-ring (bicyclic) bond motifs is 11. The van der Waals surface area contributed by atoms with E-state index in [-0.39, 0.29) is 0 Å². The van der Waals surface area contributed by atoms with Crippen LogP contribution >= 0.6 is 0 Å². The number of hydrogen-bond acceptors (Lipinski definition) is 8. The number of hydrogen-bond donors (Lipinski definition) is 0. The SMILES string of the molecule is CCCCOc1c(C)cc2c(ccc3c(OCCCC)c(OCCCC)c4ccc5c(OCCCC)c(OCCCC)c6ccc7c(OCCCC)c(OCCCC)c(C)cc7c6c5c4c32)c1OCCCC. The predicted molar refractivity (Wildman–Crippen MR) is 304 cm³/mol. The van der Waals surface area contributed by atoms with Gasteiger partial charge in [-0.05, 0) is 136 Å². The molecule has 0 atom stereocenters. The second-order valence-electron chi connectivity index (χ2n) is 19.7. The van der Waals surface area contributed by atoms with Crippen molar-refractivity contribution in [2.45, 2.75) is 172 Å². The summed E-state index contributed by atoms with van der Waals surface area (Å²) < 4.78 is 55.3. The van der Waals surface area contributed by atoms with E-state index in [1.54, 1.807) is 0 Å². The summed E-state index contributed by atoms with van der Waals surface area (Å²) in [5, 5.41) is 12.5. The Morgan fingerprint density at radius 1 is 0.236 bits per heavy atom. The maximum absolute atomic E-state index is 7.07. The molecule has 0 fully saturated rings. The third kappa shape index (κ3) is 11.6. The molecule has 7 aromatic rings. The van der Waals surface area contributed by atoms with Crippen LogP contribution in [0.4, 0.5) is 0 Å². The van der Waals surface area contributed by atoms with Crippen LogP contribution < -0.4 is 37.9 Å². The molecule has 0 bridgehead atoms. The molecule has 7 aromatic carbocycles. The van der Waals surface area contributed by atoms with E-state index in [9.17, 15) is 0 Å². The molecule has 0 aromatic heterocycles. The second kappa shape index (κ2) is 27.0. The minimum Gasteiger partial charge on any atom is -0.489 e. The Morgan fingerprint density at radius 3 is 0.667 bits per heavy atom. The number of unbranched alkanes of at least 4 members (excludes halogenated alkanes) is 8. The summed E-state index contributed by atoms with van der Waals surface area (Å²) in [7, 11) is 0. The number of benzene rings is 7. The van der Waals surface area contributed by atoms with Crippen LogP contribution in [0.3, 0.4) is 0 Å². The summed E-state index contributed by atoms with van der Waals surface area (Å²) in [5.41, 5.74) is 2.07. The second-order valence-corrected chi connectivity index (χ2v) is 19.7. The average molecular weight is 983 g/mol.